The number of benzene rings is 1. The summed E-state index contributed by atoms with van der Waals surface area (Å²) in [6, 6.07) is 4.61. The van der Waals surface area contributed by atoms with E-state index in [4.69, 9.17) is 16.7 Å². The number of halogens is 2. The lowest BCUT2D eigenvalue weighted by atomic mass is 10.1. The molecule has 1 rings (SSSR count). The Morgan fingerprint density at radius 1 is 1.54 bits per heavy atom. The zero-order valence-corrected chi connectivity index (χ0v) is 8.18. The summed E-state index contributed by atoms with van der Waals surface area (Å²) in [5.41, 5.74) is 0.491. The lowest BCUT2D eigenvalue weighted by Crippen LogP contribution is -2.03. The second-order valence-corrected chi connectivity index (χ2v) is 3.50. The Kier molecular flexibility index (Phi) is 3.70. The van der Waals surface area contributed by atoms with Crippen LogP contribution in [0.2, 0.25) is 5.02 Å². The van der Waals surface area contributed by atoms with Gasteiger partial charge in [-0.3, -0.25) is 0 Å². The van der Waals surface area contributed by atoms with Crippen molar-refractivity contribution in [1.82, 2.24) is 0 Å². The van der Waals surface area contributed by atoms with Gasteiger partial charge in [0.2, 0.25) is 0 Å². The van der Waals surface area contributed by atoms with Gasteiger partial charge in [-0.25, -0.2) is 4.39 Å². The van der Waals surface area contributed by atoms with E-state index in [1.807, 2.05) is 0 Å². The fraction of sp³-hybridized carbons (Fsp3) is 0.400. The first-order valence-electron chi connectivity index (χ1n) is 4.22. The number of hydrogen-bond acceptors (Lipinski definition) is 1. The molecule has 13 heavy (non-hydrogen) atoms. The molecule has 0 unspecified atom stereocenters. The molecule has 1 aromatic rings. The van der Waals surface area contributed by atoms with Gasteiger partial charge in [-0.1, -0.05) is 17.7 Å². The van der Waals surface area contributed by atoms with Crippen molar-refractivity contribution in [3.63, 3.8) is 0 Å². The van der Waals surface area contributed by atoms with E-state index in [0.29, 0.717) is 23.4 Å². The summed E-state index contributed by atoms with van der Waals surface area (Å²) >= 11 is 5.79. The standard InChI is InChI=1S/C10H12ClFO/c1-7(13)5-6-8-9(11)3-2-4-10(8)12/h2-4,7,13H,5-6H2,1H3/t7-/m0/s1. The molecule has 0 heterocycles. The minimum Gasteiger partial charge on any atom is -0.393 e. The van der Waals surface area contributed by atoms with E-state index in [1.165, 1.54) is 6.07 Å². The highest BCUT2D eigenvalue weighted by molar-refractivity contribution is 6.31. The van der Waals surface area contributed by atoms with Gasteiger partial charge >= 0.3 is 0 Å². The molecule has 0 aliphatic carbocycles. The van der Waals surface area contributed by atoms with Crippen molar-refractivity contribution in [2.24, 2.45) is 0 Å². The molecule has 0 radical (unpaired) electrons. The zero-order chi connectivity index (χ0) is 9.84. The van der Waals surface area contributed by atoms with Gasteiger partial charge in [0.15, 0.2) is 0 Å². The highest BCUT2D eigenvalue weighted by Crippen LogP contribution is 2.20. The minimum absolute atomic E-state index is 0.298. The summed E-state index contributed by atoms with van der Waals surface area (Å²) in [7, 11) is 0. The van der Waals surface area contributed by atoms with Gasteiger partial charge in [-0.2, -0.15) is 0 Å². The third-order valence-electron chi connectivity index (χ3n) is 1.87. The van der Waals surface area contributed by atoms with Crippen molar-refractivity contribution < 1.29 is 9.50 Å². The molecule has 72 valence electrons. The molecule has 0 aliphatic heterocycles. The third-order valence-corrected chi connectivity index (χ3v) is 2.23. The van der Waals surface area contributed by atoms with Crippen molar-refractivity contribution in [3.8, 4) is 0 Å². The average Bonchev–Trinajstić information content (AvgIpc) is 2.03. The van der Waals surface area contributed by atoms with Gasteiger partial charge in [0.1, 0.15) is 5.82 Å². The average molecular weight is 203 g/mol. The number of aliphatic hydroxyl groups excluding tert-OH is 1. The maximum atomic E-state index is 13.1. The monoisotopic (exact) mass is 202 g/mol. The molecule has 1 nitrogen and oxygen atoms in total. The summed E-state index contributed by atoms with van der Waals surface area (Å²) in [4.78, 5) is 0. The van der Waals surface area contributed by atoms with Crippen LogP contribution in [0.1, 0.15) is 18.9 Å². The molecule has 0 spiro atoms. The fourth-order valence-corrected chi connectivity index (χ4v) is 1.38. The van der Waals surface area contributed by atoms with E-state index < -0.39 is 6.10 Å². The normalized spacial score (nSPS) is 12.9. The van der Waals surface area contributed by atoms with Gasteiger partial charge in [0.05, 0.1) is 6.10 Å². The van der Waals surface area contributed by atoms with E-state index in [1.54, 1.807) is 19.1 Å². The lowest BCUT2D eigenvalue weighted by Gasteiger charge is -2.06. The number of rotatable bonds is 3. The summed E-state index contributed by atoms with van der Waals surface area (Å²) < 4.78 is 13.1. The van der Waals surface area contributed by atoms with Crippen LogP contribution in [0.5, 0.6) is 0 Å². The van der Waals surface area contributed by atoms with Crippen LogP contribution in [0.3, 0.4) is 0 Å². The van der Waals surface area contributed by atoms with Gasteiger partial charge < -0.3 is 5.11 Å². The first-order chi connectivity index (χ1) is 6.11. The molecule has 1 aromatic carbocycles. The molecular weight excluding hydrogens is 191 g/mol. The van der Waals surface area contributed by atoms with Crippen LogP contribution in [0.15, 0.2) is 18.2 Å². The quantitative estimate of drug-likeness (QED) is 0.799. The molecule has 0 saturated carbocycles. The van der Waals surface area contributed by atoms with E-state index >= 15 is 0 Å². The minimum atomic E-state index is -0.421. The molecular formula is C10H12ClFO. The maximum absolute atomic E-state index is 13.1. The van der Waals surface area contributed by atoms with Crippen LogP contribution in [-0.4, -0.2) is 11.2 Å². The van der Waals surface area contributed by atoms with Crippen molar-refractivity contribution in [2.45, 2.75) is 25.9 Å². The zero-order valence-electron chi connectivity index (χ0n) is 7.43. The first kappa shape index (κ1) is 10.5. The molecule has 0 amide bonds. The predicted octanol–water partition coefficient (Wildman–Crippen LogP) is 2.79. The largest absolute Gasteiger partial charge is 0.393 e. The highest BCUT2D eigenvalue weighted by atomic mass is 35.5. The smallest absolute Gasteiger partial charge is 0.127 e. The van der Waals surface area contributed by atoms with Crippen molar-refractivity contribution in [3.05, 3.63) is 34.6 Å². The van der Waals surface area contributed by atoms with Gasteiger partial charge in [-0.05, 0) is 31.9 Å². The predicted molar refractivity (Wildman–Crippen MR) is 51.4 cm³/mol. The Bertz CT molecular complexity index is 266. The Labute approximate surface area is 82.2 Å². The topological polar surface area (TPSA) is 20.2 Å². The molecule has 0 fully saturated rings. The first-order valence-corrected chi connectivity index (χ1v) is 4.60. The summed E-state index contributed by atoms with van der Waals surface area (Å²) in [5, 5.41) is 9.46. The van der Waals surface area contributed by atoms with E-state index in [-0.39, 0.29) is 5.82 Å². The van der Waals surface area contributed by atoms with Gasteiger partial charge in [0, 0.05) is 10.6 Å². The molecule has 1 N–H and O–H groups in total. The second kappa shape index (κ2) is 4.58. The van der Waals surface area contributed by atoms with Crippen LogP contribution in [-0.2, 0) is 6.42 Å². The van der Waals surface area contributed by atoms with E-state index in [2.05, 4.69) is 0 Å². The van der Waals surface area contributed by atoms with Crippen LogP contribution >= 0.6 is 11.6 Å². The molecule has 3 heteroatoms. The third kappa shape index (κ3) is 2.98. The Morgan fingerprint density at radius 2 is 2.23 bits per heavy atom. The van der Waals surface area contributed by atoms with E-state index in [0.717, 1.165) is 0 Å². The van der Waals surface area contributed by atoms with Crippen molar-refractivity contribution in [1.29, 1.82) is 0 Å². The van der Waals surface area contributed by atoms with Crippen molar-refractivity contribution in [2.75, 3.05) is 0 Å². The molecule has 0 bridgehead atoms. The number of hydrogen-bond donors (Lipinski definition) is 1. The van der Waals surface area contributed by atoms with Crippen LogP contribution < -0.4 is 0 Å². The van der Waals surface area contributed by atoms with Gasteiger partial charge in [0.25, 0.3) is 0 Å². The fourth-order valence-electron chi connectivity index (χ4n) is 1.12. The maximum Gasteiger partial charge on any atom is 0.127 e. The Morgan fingerprint density at radius 3 is 2.77 bits per heavy atom. The molecule has 0 aromatic heterocycles. The Hall–Kier alpha value is -0.600. The SMILES string of the molecule is C[C@H](O)CCc1c(F)cccc1Cl. The van der Waals surface area contributed by atoms with Gasteiger partial charge in [-0.15, -0.1) is 0 Å². The summed E-state index contributed by atoms with van der Waals surface area (Å²) in [6.45, 7) is 1.68. The summed E-state index contributed by atoms with van der Waals surface area (Å²) in [5.74, 6) is -0.298. The second-order valence-electron chi connectivity index (χ2n) is 3.09. The molecule has 0 aliphatic rings. The summed E-state index contributed by atoms with van der Waals surface area (Å²) in [6.07, 6.45) is 0.583. The molecule has 1 atom stereocenters. The van der Waals surface area contributed by atoms with E-state index in [9.17, 15) is 4.39 Å². The van der Waals surface area contributed by atoms with Crippen LogP contribution in [0, 0.1) is 5.82 Å². The van der Waals surface area contributed by atoms with Crippen LogP contribution in [0.4, 0.5) is 4.39 Å². The molecule has 0 saturated heterocycles. The number of aliphatic hydroxyl groups is 1. The highest BCUT2D eigenvalue weighted by Gasteiger charge is 2.07. The van der Waals surface area contributed by atoms with Crippen molar-refractivity contribution >= 4 is 11.6 Å². The Balaban J connectivity index is 2.75. The lowest BCUT2D eigenvalue weighted by molar-refractivity contribution is 0.184. The van der Waals surface area contributed by atoms with Crippen LogP contribution in [0.25, 0.3) is 0 Å².